The van der Waals surface area contributed by atoms with E-state index in [0.29, 0.717) is 0 Å². The molecule has 0 radical (unpaired) electrons. The van der Waals surface area contributed by atoms with Crippen LogP contribution in [0.2, 0.25) is 0 Å². The van der Waals surface area contributed by atoms with E-state index in [1.807, 2.05) is 48.5 Å². The molecule has 3 heteroatoms. The first kappa shape index (κ1) is 13.6. The summed E-state index contributed by atoms with van der Waals surface area (Å²) in [4.78, 5) is 0. The summed E-state index contributed by atoms with van der Waals surface area (Å²) >= 11 is 0. The lowest BCUT2D eigenvalue weighted by Crippen LogP contribution is -2.12. The van der Waals surface area contributed by atoms with Gasteiger partial charge in [-0.1, -0.05) is 37.3 Å². The van der Waals surface area contributed by atoms with Gasteiger partial charge in [0.2, 0.25) is 0 Å². The summed E-state index contributed by atoms with van der Waals surface area (Å²) < 4.78 is 5.90. The van der Waals surface area contributed by atoms with Crippen LogP contribution in [0.15, 0.2) is 48.5 Å². The first-order chi connectivity index (χ1) is 9.33. The maximum atomic E-state index is 9.13. The Hall–Kier alpha value is -1.84. The molecule has 2 aromatic carbocycles. The van der Waals surface area contributed by atoms with Gasteiger partial charge in [-0.25, -0.2) is 0 Å². The molecule has 0 unspecified atom stereocenters. The van der Waals surface area contributed by atoms with E-state index in [4.69, 9.17) is 9.84 Å². The molecule has 0 saturated carbocycles. The Morgan fingerprint density at radius 1 is 1.11 bits per heavy atom. The highest BCUT2D eigenvalue weighted by Gasteiger charge is 2.04. The van der Waals surface area contributed by atoms with Gasteiger partial charge in [0, 0.05) is 12.1 Å². The van der Waals surface area contributed by atoms with Crippen LogP contribution < -0.4 is 10.1 Å². The van der Waals surface area contributed by atoms with Crippen molar-refractivity contribution in [3.63, 3.8) is 0 Å². The van der Waals surface area contributed by atoms with Crippen LogP contribution in [0.1, 0.15) is 18.1 Å². The van der Waals surface area contributed by atoms with Gasteiger partial charge < -0.3 is 15.2 Å². The number of aliphatic hydroxyl groups is 1. The molecular formula is C16H19NO2. The topological polar surface area (TPSA) is 41.5 Å². The summed E-state index contributed by atoms with van der Waals surface area (Å²) in [5.41, 5.74) is 1.97. The minimum absolute atomic E-state index is 0.0240. The molecule has 0 aromatic heterocycles. The molecule has 2 rings (SSSR count). The van der Waals surface area contributed by atoms with Crippen molar-refractivity contribution in [2.45, 2.75) is 20.1 Å². The molecule has 0 atom stereocenters. The van der Waals surface area contributed by atoms with E-state index in [1.54, 1.807) is 0 Å². The predicted octanol–water partition coefficient (Wildman–Crippen LogP) is 3.08. The van der Waals surface area contributed by atoms with Crippen LogP contribution >= 0.6 is 0 Å². The standard InChI is InChI=1S/C16H19NO2/c1-2-17-11-14-7-3-4-9-16(14)19-15-8-5-6-13(10-15)12-18/h3-10,17-18H,2,11-12H2,1H3. The number of aliphatic hydroxyl groups excluding tert-OH is 1. The highest BCUT2D eigenvalue weighted by molar-refractivity contribution is 5.38. The van der Waals surface area contributed by atoms with Gasteiger partial charge in [-0.3, -0.25) is 0 Å². The quantitative estimate of drug-likeness (QED) is 0.835. The SMILES string of the molecule is CCNCc1ccccc1Oc1cccc(CO)c1. The van der Waals surface area contributed by atoms with Gasteiger partial charge in [-0.05, 0) is 30.3 Å². The third-order valence-electron chi connectivity index (χ3n) is 2.85. The van der Waals surface area contributed by atoms with E-state index < -0.39 is 0 Å². The summed E-state index contributed by atoms with van der Waals surface area (Å²) in [6, 6.07) is 15.5. The summed E-state index contributed by atoms with van der Waals surface area (Å²) in [6.45, 7) is 3.81. The highest BCUT2D eigenvalue weighted by Crippen LogP contribution is 2.25. The molecule has 2 N–H and O–H groups in total. The van der Waals surface area contributed by atoms with Crippen LogP contribution in [0.4, 0.5) is 0 Å². The van der Waals surface area contributed by atoms with Crippen molar-refractivity contribution in [1.82, 2.24) is 5.32 Å². The molecule has 2 aromatic rings. The normalized spacial score (nSPS) is 10.4. The molecule has 19 heavy (non-hydrogen) atoms. The van der Waals surface area contributed by atoms with Crippen LogP contribution in [0, 0.1) is 0 Å². The minimum Gasteiger partial charge on any atom is -0.457 e. The number of nitrogens with one attached hydrogen (secondary N) is 1. The van der Waals surface area contributed by atoms with E-state index >= 15 is 0 Å². The minimum atomic E-state index is 0.0240. The molecule has 0 fully saturated rings. The zero-order chi connectivity index (χ0) is 13.5. The first-order valence-corrected chi connectivity index (χ1v) is 6.49. The largest absolute Gasteiger partial charge is 0.457 e. The van der Waals surface area contributed by atoms with Gasteiger partial charge in [-0.2, -0.15) is 0 Å². The molecule has 3 nitrogen and oxygen atoms in total. The Kier molecular flexibility index (Phi) is 4.95. The van der Waals surface area contributed by atoms with Gasteiger partial charge in [0.15, 0.2) is 0 Å². The smallest absolute Gasteiger partial charge is 0.131 e. The van der Waals surface area contributed by atoms with Crippen molar-refractivity contribution in [1.29, 1.82) is 0 Å². The summed E-state index contributed by atoms with van der Waals surface area (Å²) in [6.07, 6.45) is 0. The second kappa shape index (κ2) is 6.92. The summed E-state index contributed by atoms with van der Waals surface area (Å²) in [7, 11) is 0. The highest BCUT2D eigenvalue weighted by atomic mass is 16.5. The molecule has 0 spiro atoms. The van der Waals surface area contributed by atoms with E-state index in [1.165, 1.54) is 0 Å². The first-order valence-electron chi connectivity index (χ1n) is 6.49. The Bertz CT molecular complexity index is 526. The number of hydrogen-bond acceptors (Lipinski definition) is 3. The Balaban J connectivity index is 2.17. The van der Waals surface area contributed by atoms with E-state index in [0.717, 1.165) is 35.7 Å². The van der Waals surface area contributed by atoms with Gasteiger partial charge in [0.05, 0.1) is 6.61 Å². The molecule has 0 bridgehead atoms. The lowest BCUT2D eigenvalue weighted by molar-refractivity contribution is 0.281. The lowest BCUT2D eigenvalue weighted by Gasteiger charge is -2.12. The predicted molar refractivity (Wildman–Crippen MR) is 76.3 cm³/mol. The van der Waals surface area contributed by atoms with Crippen molar-refractivity contribution in [2.24, 2.45) is 0 Å². The molecule has 0 aliphatic heterocycles. The van der Waals surface area contributed by atoms with Crippen LogP contribution in [0.5, 0.6) is 11.5 Å². The summed E-state index contributed by atoms with van der Waals surface area (Å²) in [5, 5.41) is 12.4. The molecule has 100 valence electrons. The van der Waals surface area contributed by atoms with Gasteiger partial charge in [0.1, 0.15) is 11.5 Å². The van der Waals surface area contributed by atoms with Crippen molar-refractivity contribution >= 4 is 0 Å². The van der Waals surface area contributed by atoms with Crippen molar-refractivity contribution in [2.75, 3.05) is 6.54 Å². The zero-order valence-electron chi connectivity index (χ0n) is 11.1. The fraction of sp³-hybridized carbons (Fsp3) is 0.250. The van der Waals surface area contributed by atoms with Gasteiger partial charge >= 0.3 is 0 Å². The number of ether oxygens (including phenoxy) is 1. The molecule has 0 saturated heterocycles. The Morgan fingerprint density at radius 3 is 2.74 bits per heavy atom. The number of rotatable bonds is 6. The van der Waals surface area contributed by atoms with Crippen LogP contribution in [-0.2, 0) is 13.2 Å². The second-order valence-electron chi connectivity index (χ2n) is 4.30. The third kappa shape index (κ3) is 3.81. The molecule has 0 amide bonds. The Labute approximate surface area is 113 Å². The maximum Gasteiger partial charge on any atom is 0.131 e. The third-order valence-corrected chi connectivity index (χ3v) is 2.85. The molecule has 0 heterocycles. The van der Waals surface area contributed by atoms with Crippen molar-refractivity contribution in [3.05, 3.63) is 59.7 Å². The lowest BCUT2D eigenvalue weighted by atomic mass is 10.2. The molecule has 0 aliphatic rings. The molecule has 0 aliphatic carbocycles. The monoisotopic (exact) mass is 257 g/mol. The average Bonchev–Trinajstić information content (AvgIpc) is 2.46. The maximum absolute atomic E-state index is 9.13. The van der Waals surface area contributed by atoms with E-state index in [-0.39, 0.29) is 6.61 Å². The van der Waals surface area contributed by atoms with Gasteiger partial charge in [0.25, 0.3) is 0 Å². The van der Waals surface area contributed by atoms with Gasteiger partial charge in [-0.15, -0.1) is 0 Å². The van der Waals surface area contributed by atoms with Crippen LogP contribution in [-0.4, -0.2) is 11.7 Å². The molecular weight excluding hydrogens is 238 g/mol. The van der Waals surface area contributed by atoms with E-state index in [9.17, 15) is 0 Å². The number of benzene rings is 2. The number of para-hydroxylation sites is 1. The van der Waals surface area contributed by atoms with Crippen LogP contribution in [0.3, 0.4) is 0 Å². The second-order valence-corrected chi connectivity index (χ2v) is 4.30. The van der Waals surface area contributed by atoms with Crippen molar-refractivity contribution < 1.29 is 9.84 Å². The zero-order valence-corrected chi connectivity index (χ0v) is 11.1. The van der Waals surface area contributed by atoms with E-state index in [2.05, 4.69) is 12.2 Å². The Morgan fingerprint density at radius 2 is 1.95 bits per heavy atom. The average molecular weight is 257 g/mol. The van der Waals surface area contributed by atoms with Crippen LogP contribution in [0.25, 0.3) is 0 Å². The summed E-state index contributed by atoms with van der Waals surface area (Å²) in [5.74, 6) is 1.59. The fourth-order valence-corrected chi connectivity index (χ4v) is 1.84. The number of hydrogen-bond donors (Lipinski definition) is 2. The van der Waals surface area contributed by atoms with Crippen molar-refractivity contribution in [3.8, 4) is 11.5 Å². The fourth-order valence-electron chi connectivity index (χ4n) is 1.84.